The molecule has 2 aliphatic heterocycles. The van der Waals surface area contributed by atoms with Gasteiger partial charge in [0.1, 0.15) is 0 Å². The topological polar surface area (TPSA) is 35.6 Å². The van der Waals surface area contributed by atoms with Crippen molar-refractivity contribution in [2.75, 3.05) is 39.3 Å². The van der Waals surface area contributed by atoms with E-state index in [0.717, 1.165) is 58.0 Å². The van der Waals surface area contributed by atoms with Crippen LogP contribution >= 0.6 is 0 Å². The minimum atomic E-state index is 0.254. The maximum Gasteiger partial charge on any atom is 0.320 e. The van der Waals surface area contributed by atoms with Crippen molar-refractivity contribution in [1.82, 2.24) is 15.1 Å². The fourth-order valence-electron chi connectivity index (χ4n) is 2.99. The van der Waals surface area contributed by atoms with Gasteiger partial charge >= 0.3 is 6.03 Å². The van der Waals surface area contributed by atoms with Crippen LogP contribution in [0.1, 0.15) is 33.6 Å². The molecule has 0 unspecified atom stereocenters. The van der Waals surface area contributed by atoms with Crippen molar-refractivity contribution in [3.05, 3.63) is 0 Å². The number of piperazine rings is 1. The van der Waals surface area contributed by atoms with Crippen LogP contribution in [0.3, 0.4) is 0 Å². The molecule has 2 saturated heterocycles. The summed E-state index contributed by atoms with van der Waals surface area (Å²) in [4.78, 5) is 16.4. The van der Waals surface area contributed by atoms with Gasteiger partial charge in [-0.15, -0.1) is 0 Å². The molecule has 4 nitrogen and oxygen atoms in total. The fraction of sp³-hybridized carbons (Fsp3) is 0.929. The van der Waals surface area contributed by atoms with Crippen molar-refractivity contribution in [2.45, 2.75) is 33.6 Å². The van der Waals surface area contributed by atoms with Gasteiger partial charge in [0.25, 0.3) is 0 Å². The Hall–Kier alpha value is -0.770. The molecule has 2 heterocycles. The Labute approximate surface area is 111 Å². The van der Waals surface area contributed by atoms with Crippen molar-refractivity contribution in [3.8, 4) is 0 Å². The van der Waals surface area contributed by atoms with Gasteiger partial charge in [-0.2, -0.15) is 0 Å². The van der Waals surface area contributed by atoms with Crippen LogP contribution in [0.4, 0.5) is 4.79 Å². The van der Waals surface area contributed by atoms with E-state index in [1.165, 1.54) is 0 Å². The highest BCUT2D eigenvalue weighted by Gasteiger charge is 2.32. The standard InChI is InChI=1S/C14H27N3O/c1-14(2,3)12-4-8-16(9-5-12)13(18)17-10-6-15-7-11-17/h12,15H,4-11H2,1-3H3. The van der Waals surface area contributed by atoms with Gasteiger partial charge < -0.3 is 15.1 Å². The van der Waals surface area contributed by atoms with Gasteiger partial charge in [-0.05, 0) is 24.2 Å². The third-order valence-corrected chi connectivity index (χ3v) is 4.38. The summed E-state index contributed by atoms with van der Waals surface area (Å²) in [5.74, 6) is 0.754. The second-order valence-corrected chi connectivity index (χ2v) is 6.65. The number of nitrogens with one attached hydrogen (secondary N) is 1. The van der Waals surface area contributed by atoms with Gasteiger partial charge in [0.15, 0.2) is 0 Å². The fourth-order valence-corrected chi connectivity index (χ4v) is 2.99. The van der Waals surface area contributed by atoms with E-state index in [1.807, 2.05) is 9.80 Å². The predicted octanol–water partition coefficient (Wildman–Crippen LogP) is 1.77. The van der Waals surface area contributed by atoms with E-state index in [-0.39, 0.29) is 6.03 Å². The number of likely N-dealkylation sites (tertiary alicyclic amines) is 1. The minimum absolute atomic E-state index is 0.254. The van der Waals surface area contributed by atoms with E-state index in [2.05, 4.69) is 26.1 Å². The monoisotopic (exact) mass is 253 g/mol. The van der Waals surface area contributed by atoms with Crippen LogP contribution in [0.5, 0.6) is 0 Å². The van der Waals surface area contributed by atoms with E-state index in [1.54, 1.807) is 0 Å². The van der Waals surface area contributed by atoms with Crippen LogP contribution in [-0.4, -0.2) is 55.1 Å². The van der Waals surface area contributed by atoms with Crippen LogP contribution in [0.2, 0.25) is 0 Å². The average Bonchev–Trinajstić information content (AvgIpc) is 2.38. The van der Waals surface area contributed by atoms with E-state index >= 15 is 0 Å². The molecular weight excluding hydrogens is 226 g/mol. The molecule has 2 fully saturated rings. The molecule has 4 heteroatoms. The number of carbonyl (C=O) groups excluding carboxylic acids is 1. The Balaban J connectivity index is 1.83. The van der Waals surface area contributed by atoms with Gasteiger partial charge in [-0.25, -0.2) is 4.79 Å². The average molecular weight is 253 g/mol. The first-order chi connectivity index (χ1) is 8.48. The summed E-state index contributed by atoms with van der Waals surface area (Å²) in [5, 5.41) is 3.29. The molecule has 0 aromatic carbocycles. The Morgan fingerprint density at radius 3 is 2.00 bits per heavy atom. The summed E-state index contributed by atoms with van der Waals surface area (Å²) in [6.45, 7) is 12.4. The number of carbonyl (C=O) groups is 1. The molecule has 2 amide bonds. The second-order valence-electron chi connectivity index (χ2n) is 6.65. The van der Waals surface area contributed by atoms with Crippen LogP contribution in [0.15, 0.2) is 0 Å². The van der Waals surface area contributed by atoms with Crippen molar-refractivity contribution < 1.29 is 4.79 Å². The summed E-state index contributed by atoms with van der Waals surface area (Å²) < 4.78 is 0. The van der Waals surface area contributed by atoms with Crippen LogP contribution in [0, 0.1) is 11.3 Å². The van der Waals surface area contributed by atoms with E-state index < -0.39 is 0 Å². The lowest BCUT2D eigenvalue weighted by atomic mass is 9.75. The molecule has 0 atom stereocenters. The summed E-state index contributed by atoms with van der Waals surface area (Å²) >= 11 is 0. The molecule has 0 aromatic heterocycles. The van der Waals surface area contributed by atoms with Crippen LogP contribution in [0.25, 0.3) is 0 Å². The SMILES string of the molecule is CC(C)(C)C1CCN(C(=O)N2CCNCC2)CC1. The Morgan fingerprint density at radius 1 is 1.00 bits per heavy atom. The third kappa shape index (κ3) is 3.16. The number of rotatable bonds is 0. The van der Waals surface area contributed by atoms with Crippen molar-refractivity contribution >= 4 is 6.03 Å². The van der Waals surface area contributed by atoms with Gasteiger partial charge in [0, 0.05) is 39.3 Å². The third-order valence-electron chi connectivity index (χ3n) is 4.38. The quantitative estimate of drug-likeness (QED) is 0.714. The van der Waals surface area contributed by atoms with Crippen LogP contribution < -0.4 is 5.32 Å². The van der Waals surface area contributed by atoms with Gasteiger partial charge in [-0.3, -0.25) is 0 Å². The van der Waals surface area contributed by atoms with Gasteiger partial charge in [-0.1, -0.05) is 20.8 Å². The summed E-state index contributed by atoms with van der Waals surface area (Å²) in [7, 11) is 0. The lowest BCUT2D eigenvalue weighted by Crippen LogP contribution is -2.53. The molecule has 2 aliphatic rings. The molecule has 2 rings (SSSR count). The summed E-state index contributed by atoms with van der Waals surface area (Å²) in [6.07, 6.45) is 2.31. The van der Waals surface area contributed by atoms with Gasteiger partial charge in [0.2, 0.25) is 0 Å². The molecule has 104 valence electrons. The molecule has 0 bridgehead atoms. The molecule has 0 aromatic rings. The maximum atomic E-state index is 12.3. The first-order valence-electron chi connectivity index (χ1n) is 7.23. The molecule has 0 saturated carbocycles. The Bertz CT molecular complexity index is 284. The minimum Gasteiger partial charge on any atom is -0.325 e. The largest absolute Gasteiger partial charge is 0.325 e. The van der Waals surface area contributed by atoms with E-state index in [9.17, 15) is 4.79 Å². The molecule has 18 heavy (non-hydrogen) atoms. The zero-order valence-electron chi connectivity index (χ0n) is 12.0. The highest BCUT2D eigenvalue weighted by molar-refractivity contribution is 5.74. The van der Waals surface area contributed by atoms with Gasteiger partial charge in [0.05, 0.1) is 0 Å². The lowest BCUT2D eigenvalue weighted by Gasteiger charge is -2.41. The van der Waals surface area contributed by atoms with E-state index in [4.69, 9.17) is 0 Å². The Morgan fingerprint density at radius 2 is 1.50 bits per heavy atom. The van der Waals surface area contributed by atoms with Crippen molar-refractivity contribution in [2.24, 2.45) is 11.3 Å². The number of piperidine rings is 1. The number of hydrogen-bond acceptors (Lipinski definition) is 2. The highest BCUT2D eigenvalue weighted by atomic mass is 16.2. The highest BCUT2D eigenvalue weighted by Crippen LogP contribution is 2.34. The van der Waals surface area contributed by atoms with Crippen LogP contribution in [-0.2, 0) is 0 Å². The first-order valence-corrected chi connectivity index (χ1v) is 7.23. The molecule has 0 aliphatic carbocycles. The lowest BCUT2D eigenvalue weighted by molar-refractivity contribution is 0.0989. The Kier molecular flexibility index (Phi) is 4.15. The number of hydrogen-bond donors (Lipinski definition) is 1. The zero-order valence-corrected chi connectivity index (χ0v) is 12.0. The maximum absolute atomic E-state index is 12.3. The summed E-state index contributed by atoms with van der Waals surface area (Å²) in [5.41, 5.74) is 0.379. The van der Waals surface area contributed by atoms with E-state index in [0.29, 0.717) is 5.41 Å². The smallest absolute Gasteiger partial charge is 0.320 e. The molecule has 0 radical (unpaired) electrons. The van der Waals surface area contributed by atoms with Crippen molar-refractivity contribution in [1.29, 1.82) is 0 Å². The number of amides is 2. The zero-order chi connectivity index (χ0) is 13.2. The molecule has 1 N–H and O–H groups in total. The molecule has 0 spiro atoms. The summed E-state index contributed by atoms with van der Waals surface area (Å²) in [6, 6.07) is 0.254. The van der Waals surface area contributed by atoms with Crippen molar-refractivity contribution in [3.63, 3.8) is 0 Å². The normalized spacial score (nSPS) is 23.3. The predicted molar refractivity (Wildman–Crippen MR) is 73.6 cm³/mol. The first kappa shape index (κ1) is 13.7. The second kappa shape index (κ2) is 5.47. The number of urea groups is 1. The number of nitrogens with zero attached hydrogens (tertiary/aromatic N) is 2. The molecular formula is C14H27N3O.